The number of fused-ring (bicyclic) bond motifs is 1. The van der Waals surface area contributed by atoms with Gasteiger partial charge in [0, 0.05) is 12.1 Å². The molecular formula is C18H16O7. The van der Waals surface area contributed by atoms with E-state index in [0.717, 1.165) is 6.07 Å². The Morgan fingerprint density at radius 1 is 0.920 bits per heavy atom. The molecule has 0 aliphatic rings. The average molecular weight is 344 g/mol. The standard InChI is InChI=1S/C18H16O7/c1-22-14-4-9(5-15(23-2)18(14)24-3)11-8-25-13-7-10(19)6-12(20)16(13)17(11)21/h4-8,19-20H,1-3H3. The Labute approximate surface area is 142 Å². The summed E-state index contributed by atoms with van der Waals surface area (Å²) in [7, 11) is 4.42. The van der Waals surface area contributed by atoms with E-state index < -0.39 is 5.43 Å². The third kappa shape index (κ3) is 2.69. The quantitative estimate of drug-likeness (QED) is 0.751. The van der Waals surface area contributed by atoms with Gasteiger partial charge in [-0.05, 0) is 17.7 Å². The van der Waals surface area contributed by atoms with Crippen molar-refractivity contribution < 1.29 is 28.8 Å². The second-order valence-corrected chi connectivity index (χ2v) is 5.23. The Morgan fingerprint density at radius 2 is 1.56 bits per heavy atom. The molecule has 2 aromatic carbocycles. The van der Waals surface area contributed by atoms with Gasteiger partial charge < -0.3 is 28.8 Å². The van der Waals surface area contributed by atoms with Crippen molar-refractivity contribution in [1.29, 1.82) is 0 Å². The SMILES string of the molecule is COc1cc(-c2coc3cc(O)cc(O)c3c2=O)cc(OC)c1OC. The lowest BCUT2D eigenvalue weighted by molar-refractivity contribution is 0.324. The molecule has 0 radical (unpaired) electrons. The molecule has 130 valence electrons. The second kappa shape index (κ2) is 6.27. The first-order valence-electron chi connectivity index (χ1n) is 7.28. The number of ether oxygens (including phenoxy) is 3. The molecule has 0 unspecified atom stereocenters. The number of aromatic hydroxyl groups is 2. The first-order chi connectivity index (χ1) is 12.0. The number of methoxy groups -OCH3 is 3. The number of phenolic OH excluding ortho intramolecular Hbond substituents is 2. The summed E-state index contributed by atoms with van der Waals surface area (Å²) in [6.07, 6.45) is 1.25. The smallest absolute Gasteiger partial charge is 0.204 e. The van der Waals surface area contributed by atoms with E-state index in [2.05, 4.69) is 0 Å². The van der Waals surface area contributed by atoms with Crippen molar-refractivity contribution in [2.75, 3.05) is 21.3 Å². The van der Waals surface area contributed by atoms with Gasteiger partial charge in [0.15, 0.2) is 11.5 Å². The fourth-order valence-corrected chi connectivity index (χ4v) is 2.65. The van der Waals surface area contributed by atoms with E-state index in [9.17, 15) is 15.0 Å². The highest BCUT2D eigenvalue weighted by Gasteiger charge is 2.18. The van der Waals surface area contributed by atoms with Crippen LogP contribution in [0.5, 0.6) is 28.7 Å². The lowest BCUT2D eigenvalue weighted by atomic mass is 10.0. The number of benzene rings is 2. The van der Waals surface area contributed by atoms with Gasteiger partial charge in [-0.25, -0.2) is 0 Å². The van der Waals surface area contributed by atoms with Crippen LogP contribution in [-0.2, 0) is 0 Å². The van der Waals surface area contributed by atoms with E-state index in [1.807, 2.05) is 0 Å². The highest BCUT2D eigenvalue weighted by atomic mass is 16.5. The van der Waals surface area contributed by atoms with E-state index in [-0.39, 0.29) is 28.0 Å². The highest BCUT2D eigenvalue weighted by molar-refractivity contribution is 5.88. The van der Waals surface area contributed by atoms with Gasteiger partial charge in [0.25, 0.3) is 0 Å². The molecule has 1 heterocycles. The van der Waals surface area contributed by atoms with Gasteiger partial charge in [0.2, 0.25) is 11.2 Å². The molecule has 1 aromatic heterocycles. The summed E-state index contributed by atoms with van der Waals surface area (Å²) in [5, 5.41) is 19.5. The van der Waals surface area contributed by atoms with Crippen molar-refractivity contribution in [2.45, 2.75) is 0 Å². The number of hydrogen-bond acceptors (Lipinski definition) is 7. The first kappa shape index (κ1) is 16.5. The minimum Gasteiger partial charge on any atom is -0.508 e. The second-order valence-electron chi connectivity index (χ2n) is 5.23. The Bertz CT molecular complexity index is 979. The topological polar surface area (TPSA) is 98.4 Å². The molecule has 7 heteroatoms. The van der Waals surface area contributed by atoms with Crippen LogP contribution in [0.3, 0.4) is 0 Å². The van der Waals surface area contributed by atoms with E-state index >= 15 is 0 Å². The van der Waals surface area contributed by atoms with Crippen molar-refractivity contribution in [2.24, 2.45) is 0 Å². The lowest BCUT2D eigenvalue weighted by Gasteiger charge is -2.14. The molecule has 0 atom stereocenters. The van der Waals surface area contributed by atoms with Crippen molar-refractivity contribution in [1.82, 2.24) is 0 Å². The Kier molecular flexibility index (Phi) is 4.14. The maximum atomic E-state index is 12.8. The predicted molar refractivity (Wildman–Crippen MR) is 90.9 cm³/mol. The van der Waals surface area contributed by atoms with Gasteiger partial charge in [-0.1, -0.05) is 0 Å². The van der Waals surface area contributed by atoms with E-state index in [1.165, 1.54) is 33.7 Å². The number of hydrogen-bond donors (Lipinski definition) is 2. The maximum absolute atomic E-state index is 12.8. The Hall–Kier alpha value is -3.35. The van der Waals surface area contributed by atoms with Crippen LogP contribution in [0, 0.1) is 0 Å². The van der Waals surface area contributed by atoms with Crippen molar-refractivity contribution in [3.8, 4) is 39.9 Å². The normalized spacial score (nSPS) is 10.7. The zero-order chi connectivity index (χ0) is 18.1. The monoisotopic (exact) mass is 344 g/mol. The van der Waals surface area contributed by atoms with Crippen LogP contribution in [-0.4, -0.2) is 31.5 Å². The summed E-state index contributed by atoms with van der Waals surface area (Å²) in [6.45, 7) is 0. The highest BCUT2D eigenvalue weighted by Crippen LogP contribution is 2.41. The fraction of sp³-hybridized carbons (Fsp3) is 0.167. The largest absolute Gasteiger partial charge is 0.508 e. The van der Waals surface area contributed by atoms with Crippen LogP contribution in [0.2, 0.25) is 0 Å². The molecule has 0 amide bonds. The minimum atomic E-state index is -0.451. The van der Waals surface area contributed by atoms with Crippen LogP contribution in [0.25, 0.3) is 22.1 Å². The van der Waals surface area contributed by atoms with Crippen molar-refractivity contribution in [3.05, 3.63) is 40.8 Å². The molecule has 0 saturated heterocycles. The molecule has 7 nitrogen and oxygen atoms in total. The molecule has 2 N–H and O–H groups in total. The van der Waals surface area contributed by atoms with E-state index in [0.29, 0.717) is 22.8 Å². The van der Waals surface area contributed by atoms with Crippen LogP contribution in [0.15, 0.2) is 39.7 Å². The maximum Gasteiger partial charge on any atom is 0.204 e. The average Bonchev–Trinajstić information content (AvgIpc) is 2.60. The number of rotatable bonds is 4. The van der Waals surface area contributed by atoms with Crippen LogP contribution in [0.1, 0.15) is 0 Å². The summed E-state index contributed by atoms with van der Waals surface area (Å²) in [5.74, 6) is 0.593. The molecule has 0 fully saturated rings. The van der Waals surface area contributed by atoms with Gasteiger partial charge >= 0.3 is 0 Å². The lowest BCUT2D eigenvalue weighted by Crippen LogP contribution is -2.06. The summed E-state index contributed by atoms with van der Waals surface area (Å²) < 4.78 is 21.2. The molecule has 0 spiro atoms. The summed E-state index contributed by atoms with van der Waals surface area (Å²) in [5.41, 5.74) is 0.303. The minimum absolute atomic E-state index is 0.0240. The molecule has 25 heavy (non-hydrogen) atoms. The summed E-state index contributed by atoms with van der Waals surface area (Å²) in [6, 6.07) is 5.56. The third-order valence-electron chi connectivity index (χ3n) is 3.82. The first-order valence-corrected chi connectivity index (χ1v) is 7.28. The van der Waals surface area contributed by atoms with Gasteiger partial charge in [-0.3, -0.25) is 4.79 Å². The summed E-state index contributed by atoms with van der Waals surface area (Å²) >= 11 is 0. The molecule has 0 saturated carbocycles. The van der Waals surface area contributed by atoms with Crippen LogP contribution in [0.4, 0.5) is 0 Å². The molecule has 0 bridgehead atoms. The van der Waals surface area contributed by atoms with E-state index in [1.54, 1.807) is 12.1 Å². The van der Waals surface area contributed by atoms with Gasteiger partial charge in [0.1, 0.15) is 28.7 Å². The third-order valence-corrected chi connectivity index (χ3v) is 3.82. The molecule has 3 rings (SSSR count). The molecular weight excluding hydrogens is 328 g/mol. The van der Waals surface area contributed by atoms with Gasteiger partial charge in [0.05, 0.1) is 26.9 Å². The zero-order valence-electron chi connectivity index (χ0n) is 13.8. The fourth-order valence-electron chi connectivity index (χ4n) is 2.65. The molecule has 0 aliphatic carbocycles. The van der Waals surface area contributed by atoms with Crippen molar-refractivity contribution in [3.63, 3.8) is 0 Å². The van der Waals surface area contributed by atoms with E-state index in [4.69, 9.17) is 18.6 Å². The van der Waals surface area contributed by atoms with Gasteiger partial charge in [-0.2, -0.15) is 0 Å². The molecule has 3 aromatic rings. The van der Waals surface area contributed by atoms with Gasteiger partial charge in [-0.15, -0.1) is 0 Å². The molecule has 0 aliphatic heterocycles. The van der Waals surface area contributed by atoms with Crippen LogP contribution < -0.4 is 19.6 Å². The Balaban J connectivity index is 2.30. The predicted octanol–water partition coefficient (Wildman–Crippen LogP) is 2.90. The number of phenols is 2. The Morgan fingerprint density at radius 3 is 2.12 bits per heavy atom. The zero-order valence-corrected chi connectivity index (χ0v) is 13.8. The van der Waals surface area contributed by atoms with Crippen molar-refractivity contribution >= 4 is 11.0 Å². The van der Waals surface area contributed by atoms with Crippen LogP contribution >= 0.6 is 0 Å². The summed E-state index contributed by atoms with van der Waals surface area (Å²) in [4.78, 5) is 12.8.